The molecule has 0 amide bonds. The molecule has 0 saturated carbocycles. The van der Waals surface area contributed by atoms with Crippen LogP contribution in [0.15, 0.2) is 18.2 Å². The van der Waals surface area contributed by atoms with Crippen LogP contribution in [-0.4, -0.2) is 12.7 Å². The average molecular weight is 257 g/mol. The predicted molar refractivity (Wildman–Crippen MR) is 65.4 cm³/mol. The van der Waals surface area contributed by atoms with Gasteiger partial charge in [0.15, 0.2) is 0 Å². The Morgan fingerprint density at radius 1 is 1.11 bits per heavy atom. The Balaban J connectivity index is 2.18. The third-order valence-corrected chi connectivity index (χ3v) is 3.51. The quantitative estimate of drug-likeness (QED) is 0.804. The number of benzene rings is 1. The molecule has 1 aliphatic heterocycles. The van der Waals surface area contributed by atoms with Crippen molar-refractivity contribution in [2.75, 3.05) is 6.54 Å². The number of piperidine rings is 1. The fourth-order valence-electron chi connectivity index (χ4n) is 2.68. The van der Waals surface area contributed by atoms with E-state index in [2.05, 4.69) is 5.32 Å². The first-order valence-corrected chi connectivity index (χ1v) is 6.24. The molecule has 1 nitrogen and oxygen atoms in total. The van der Waals surface area contributed by atoms with Crippen molar-refractivity contribution in [2.45, 2.75) is 38.9 Å². The molecule has 1 aliphatic rings. The summed E-state index contributed by atoms with van der Waals surface area (Å²) in [6, 6.07) is 5.81. The fraction of sp³-hybridized carbons (Fsp3) is 0.571. The lowest BCUT2D eigenvalue weighted by Crippen LogP contribution is -2.38. The van der Waals surface area contributed by atoms with E-state index in [4.69, 9.17) is 0 Å². The molecule has 2 unspecified atom stereocenters. The lowest BCUT2D eigenvalue weighted by molar-refractivity contribution is -0.183. The van der Waals surface area contributed by atoms with Gasteiger partial charge in [0, 0.05) is 6.04 Å². The Labute approximate surface area is 105 Å². The van der Waals surface area contributed by atoms with Gasteiger partial charge in [-0.3, -0.25) is 0 Å². The molecule has 4 heteroatoms. The van der Waals surface area contributed by atoms with Crippen LogP contribution < -0.4 is 5.32 Å². The van der Waals surface area contributed by atoms with Gasteiger partial charge in [0.05, 0.1) is 5.92 Å². The molecule has 1 aromatic rings. The highest BCUT2D eigenvalue weighted by Gasteiger charge is 2.42. The number of aryl methyl sites for hydroxylation is 2. The first-order chi connectivity index (χ1) is 8.36. The van der Waals surface area contributed by atoms with Gasteiger partial charge in [0.25, 0.3) is 0 Å². The summed E-state index contributed by atoms with van der Waals surface area (Å²) in [6.45, 7) is 4.38. The van der Waals surface area contributed by atoms with Crippen LogP contribution >= 0.6 is 0 Å². The molecule has 2 atom stereocenters. The van der Waals surface area contributed by atoms with Crippen molar-refractivity contribution in [3.8, 4) is 0 Å². The van der Waals surface area contributed by atoms with Crippen molar-refractivity contribution in [3.63, 3.8) is 0 Å². The van der Waals surface area contributed by atoms with Gasteiger partial charge >= 0.3 is 6.18 Å². The van der Waals surface area contributed by atoms with E-state index in [-0.39, 0.29) is 18.9 Å². The normalized spacial score (nSPS) is 25.2. The molecule has 100 valence electrons. The number of halogens is 3. The highest BCUT2D eigenvalue weighted by molar-refractivity contribution is 5.31. The minimum atomic E-state index is -4.07. The minimum Gasteiger partial charge on any atom is -0.310 e. The van der Waals surface area contributed by atoms with Crippen molar-refractivity contribution < 1.29 is 13.2 Å². The predicted octanol–water partition coefficient (Wildman–Crippen LogP) is 3.91. The van der Waals surface area contributed by atoms with Crippen LogP contribution in [0.3, 0.4) is 0 Å². The van der Waals surface area contributed by atoms with Gasteiger partial charge in [0.1, 0.15) is 0 Å². The number of hydrogen-bond donors (Lipinski definition) is 1. The molecule has 0 aliphatic carbocycles. The monoisotopic (exact) mass is 257 g/mol. The summed E-state index contributed by atoms with van der Waals surface area (Å²) in [6.07, 6.45) is -3.74. The number of alkyl halides is 3. The van der Waals surface area contributed by atoms with E-state index in [9.17, 15) is 13.2 Å². The Kier molecular flexibility index (Phi) is 3.66. The lowest BCUT2D eigenvalue weighted by Gasteiger charge is -2.32. The Bertz CT molecular complexity index is 405. The van der Waals surface area contributed by atoms with Gasteiger partial charge < -0.3 is 5.32 Å². The molecule has 0 bridgehead atoms. The van der Waals surface area contributed by atoms with Crippen LogP contribution in [0.25, 0.3) is 0 Å². The van der Waals surface area contributed by atoms with Gasteiger partial charge in [-0.2, -0.15) is 13.2 Å². The third kappa shape index (κ3) is 3.05. The van der Waals surface area contributed by atoms with Crippen molar-refractivity contribution in [2.24, 2.45) is 5.92 Å². The van der Waals surface area contributed by atoms with E-state index in [1.807, 2.05) is 32.0 Å². The van der Waals surface area contributed by atoms with Gasteiger partial charge in [-0.05, 0) is 38.8 Å². The maximum Gasteiger partial charge on any atom is 0.391 e. The fourth-order valence-corrected chi connectivity index (χ4v) is 2.68. The van der Waals surface area contributed by atoms with Crippen LogP contribution in [-0.2, 0) is 0 Å². The zero-order valence-electron chi connectivity index (χ0n) is 10.6. The number of rotatable bonds is 1. The molecule has 1 aromatic carbocycles. The van der Waals surface area contributed by atoms with E-state index >= 15 is 0 Å². The highest BCUT2D eigenvalue weighted by atomic mass is 19.4. The topological polar surface area (TPSA) is 12.0 Å². The molecular formula is C14H18F3N. The lowest BCUT2D eigenvalue weighted by atomic mass is 9.87. The van der Waals surface area contributed by atoms with Gasteiger partial charge in [0.2, 0.25) is 0 Å². The first kappa shape index (κ1) is 13.4. The largest absolute Gasteiger partial charge is 0.391 e. The summed E-state index contributed by atoms with van der Waals surface area (Å²) in [5.74, 6) is -1.18. The van der Waals surface area contributed by atoms with E-state index in [1.165, 1.54) is 0 Å². The highest BCUT2D eigenvalue weighted by Crippen LogP contribution is 2.38. The molecule has 0 aromatic heterocycles. The van der Waals surface area contributed by atoms with Crippen molar-refractivity contribution in [1.29, 1.82) is 0 Å². The molecule has 1 heterocycles. The standard InChI is InChI=1S/C14H18F3N/c1-9-5-10(2)7-11(6-9)13-8-12(3-4-18-13)14(15,16)17/h5-7,12-13,18H,3-4,8H2,1-2H3. The molecule has 1 fully saturated rings. The number of nitrogens with one attached hydrogen (secondary N) is 1. The van der Waals surface area contributed by atoms with E-state index in [0.717, 1.165) is 16.7 Å². The maximum absolute atomic E-state index is 12.8. The molecule has 1 N–H and O–H groups in total. The summed E-state index contributed by atoms with van der Waals surface area (Å²) < 4.78 is 38.3. The molecule has 0 radical (unpaired) electrons. The van der Waals surface area contributed by atoms with Gasteiger partial charge in [-0.15, -0.1) is 0 Å². The van der Waals surface area contributed by atoms with E-state index < -0.39 is 12.1 Å². The SMILES string of the molecule is Cc1cc(C)cc(C2CC(C(F)(F)F)CCN2)c1. The molecule has 2 rings (SSSR count). The molecule has 1 saturated heterocycles. The van der Waals surface area contributed by atoms with Gasteiger partial charge in [-0.1, -0.05) is 29.3 Å². The Hall–Kier alpha value is -1.03. The zero-order valence-corrected chi connectivity index (χ0v) is 10.6. The summed E-state index contributed by atoms with van der Waals surface area (Å²) in [5, 5.41) is 3.19. The second-order valence-electron chi connectivity index (χ2n) is 5.19. The molecule has 0 spiro atoms. The third-order valence-electron chi connectivity index (χ3n) is 3.51. The van der Waals surface area contributed by atoms with Gasteiger partial charge in [-0.25, -0.2) is 0 Å². The summed E-state index contributed by atoms with van der Waals surface area (Å²) >= 11 is 0. The average Bonchev–Trinajstić information content (AvgIpc) is 2.27. The van der Waals surface area contributed by atoms with E-state index in [1.54, 1.807) is 0 Å². The van der Waals surface area contributed by atoms with Crippen molar-refractivity contribution in [1.82, 2.24) is 5.32 Å². The zero-order chi connectivity index (χ0) is 13.3. The van der Waals surface area contributed by atoms with Crippen LogP contribution in [0.2, 0.25) is 0 Å². The molecular weight excluding hydrogens is 239 g/mol. The Morgan fingerprint density at radius 3 is 2.28 bits per heavy atom. The van der Waals surface area contributed by atoms with Crippen LogP contribution in [0.5, 0.6) is 0 Å². The smallest absolute Gasteiger partial charge is 0.310 e. The van der Waals surface area contributed by atoms with E-state index in [0.29, 0.717) is 6.54 Å². The van der Waals surface area contributed by atoms with Crippen LogP contribution in [0.4, 0.5) is 13.2 Å². The van der Waals surface area contributed by atoms with Crippen LogP contribution in [0.1, 0.15) is 35.6 Å². The second-order valence-corrected chi connectivity index (χ2v) is 5.19. The summed E-state index contributed by atoms with van der Waals surface area (Å²) in [4.78, 5) is 0. The first-order valence-electron chi connectivity index (χ1n) is 6.24. The number of hydrogen-bond acceptors (Lipinski definition) is 1. The maximum atomic E-state index is 12.8. The van der Waals surface area contributed by atoms with Crippen LogP contribution in [0, 0.1) is 19.8 Å². The Morgan fingerprint density at radius 2 is 1.72 bits per heavy atom. The summed E-state index contributed by atoms with van der Waals surface area (Å²) in [5.41, 5.74) is 3.17. The summed E-state index contributed by atoms with van der Waals surface area (Å²) in [7, 11) is 0. The van der Waals surface area contributed by atoms with Crippen molar-refractivity contribution >= 4 is 0 Å². The molecule has 18 heavy (non-hydrogen) atoms. The minimum absolute atomic E-state index is 0.145. The van der Waals surface area contributed by atoms with Crippen molar-refractivity contribution in [3.05, 3.63) is 34.9 Å². The second kappa shape index (κ2) is 4.92.